The molecule has 0 aromatic carbocycles. The zero-order valence-corrected chi connectivity index (χ0v) is 10.3. The maximum absolute atomic E-state index is 12.1. The van der Waals surface area contributed by atoms with Crippen molar-refractivity contribution in [1.82, 2.24) is 4.90 Å². The molecule has 1 aliphatic heterocycles. The molecule has 0 radical (unpaired) electrons. The predicted molar refractivity (Wildman–Crippen MR) is 62.8 cm³/mol. The third-order valence-corrected chi connectivity index (χ3v) is 2.76. The SMILES string of the molecule is COc1coc(C(=O)N2CCOC(C)C2)cc1=O. The van der Waals surface area contributed by atoms with Crippen molar-refractivity contribution in [3.05, 3.63) is 28.3 Å². The highest BCUT2D eigenvalue weighted by Gasteiger charge is 2.24. The number of rotatable bonds is 2. The summed E-state index contributed by atoms with van der Waals surface area (Å²) in [5, 5.41) is 0. The lowest BCUT2D eigenvalue weighted by molar-refractivity contribution is -0.0136. The van der Waals surface area contributed by atoms with E-state index in [4.69, 9.17) is 13.9 Å². The Hall–Kier alpha value is -1.82. The standard InChI is InChI=1S/C12H15NO5/c1-8-6-13(3-4-17-8)12(15)10-5-9(14)11(16-2)7-18-10/h5,7-8H,3-4,6H2,1-2H3. The minimum absolute atomic E-state index is 0.00679. The first kappa shape index (κ1) is 12.6. The van der Waals surface area contributed by atoms with Crippen LogP contribution in [0.2, 0.25) is 0 Å². The van der Waals surface area contributed by atoms with E-state index in [9.17, 15) is 9.59 Å². The van der Waals surface area contributed by atoms with Gasteiger partial charge in [0, 0.05) is 19.2 Å². The van der Waals surface area contributed by atoms with Crippen LogP contribution in [0.25, 0.3) is 0 Å². The number of carbonyl (C=O) groups excluding carboxylic acids is 1. The first-order valence-electron chi connectivity index (χ1n) is 5.69. The largest absolute Gasteiger partial charge is 0.490 e. The van der Waals surface area contributed by atoms with Crippen molar-refractivity contribution >= 4 is 5.91 Å². The fourth-order valence-electron chi connectivity index (χ4n) is 1.82. The van der Waals surface area contributed by atoms with E-state index in [1.54, 1.807) is 4.90 Å². The molecular formula is C12H15NO5. The second kappa shape index (κ2) is 5.22. The summed E-state index contributed by atoms with van der Waals surface area (Å²) in [5.74, 6) is -0.193. The number of ether oxygens (including phenoxy) is 2. The molecule has 0 N–H and O–H groups in total. The molecular weight excluding hydrogens is 238 g/mol. The molecule has 1 atom stereocenters. The number of nitrogens with zero attached hydrogens (tertiary/aromatic N) is 1. The maximum Gasteiger partial charge on any atom is 0.289 e. The van der Waals surface area contributed by atoms with Gasteiger partial charge in [0.25, 0.3) is 5.91 Å². The van der Waals surface area contributed by atoms with Gasteiger partial charge in [-0.25, -0.2) is 0 Å². The number of amides is 1. The molecule has 98 valence electrons. The van der Waals surface area contributed by atoms with Crippen molar-refractivity contribution in [2.45, 2.75) is 13.0 Å². The van der Waals surface area contributed by atoms with Crippen LogP contribution >= 0.6 is 0 Å². The van der Waals surface area contributed by atoms with Gasteiger partial charge in [0.05, 0.1) is 19.8 Å². The van der Waals surface area contributed by atoms with E-state index >= 15 is 0 Å². The highest BCUT2D eigenvalue weighted by molar-refractivity contribution is 5.91. The molecule has 1 aromatic heterocycles. The zero-order valence-electron chi connectivity index (χ0n) is 10.3. The lowest BCUT2D eigenvalue weighted by Gasteiger charge is -2.30. The molecule has 18 heavy (non-hydrogen) atoms. The van der Waals surface area contributed by atoms with E-state index in [0.717, 1.165) is 12.3 Å². The Kier molecular flexibility index (Phi) is 3.66. The van der Waals surface area contributed by atoms with Crippen LogP contribution in [0.1, 0.15) is 17.5 Å². The second-order valence-electron chi connectivity index (χ2n) is 4.11. The minimum Gasteiger partial charge on any atom is -0.490 e. The highest BCUT2D eigenvalue weighted by atomic mass is 16.5. The van der Waals surface area contributed by atoms with Gasteiger partial charge in [-0.05, 0) is 6.92 Å². The van der Waals surface area contributed by atoms with Gasteiger partial charge in [-0.1, -0.05) is 0 Å². The van der Waals surface area contributed by atoms with Crippen molar-refractivity contribution < 1.29 is 18.7 Å². The Morgan fingerprint density at radius 1 is 1.56 bits per heavy atom. The molecule has 1 aromatic rings. The van der Waals surface area contributed by atoms with Gasteiger partial charge >= 0.3 is 0 Å². The number of methoxy groups -OCH3 is 1. The molecule has 1 amide bonds. The fourth-order valence-corrected chi connectivity index (χ4v) is 1.82. The van der Waals surface area contributed by atoms with Crippen LogP contribution < -0.4 is 10.2 Å². The van der Waals surface area contributed by atoms with Crippen molar-refractivity contribution in [2.24, 2.45) is 0 Å². The Bertz CT molecular complexity index is 495. The topological polar surface area (TPSA) is 69.0 Å². The third-order valence-electron chi connectivity index (χ3n) is 2.76. The fraction of sp³-hybridized carbons (Fsp3) is 0.500. The number of hydrogen-bond acceptors (Lipinski definition) is 5. The third kappa shape index (κ3) is 2.53. The first-order chi connectivity index (χ1) is 8.61. The smallest absolute Gasteiger partial charge is 0.289 e. The molecule has 2 rings (SSSR count). The van der Waals surface area contributed by atoms with Gasteiger partial charge in [-0.15, -0.1) is 0 Å². The Labute approximate surface area is 104 Å². The second-order valence-corrected chi connectivity index (χ2v) is 4.11. The van der Waals surface area contributed by atoms with E-state index in [-0.39, 0.29) is 28.9 Å². The van der Waals surface area contributed by atoms with Crippen LogP contribution in [0.4, 0.5) is 0 Å². The minimum atomic E-state index is -0.367. The van der Waals surface area contributed by atoms with Crippen molar-refractivity contribution in [2.75, 3.05) is 26.8 Å². The molecule has 0 aliphatic carbocycles. The molecule has 0 saturated carbocycles. The van der Waals surface area contributed by atoms with Gasteiger partial charge < -0.3 is 18.8 Å². The Morgan fingerprint density at radius 3 is 2.94 bits per heavy atom. The summed E-state index contributed by atoms with van der Waals surface area (Å²) in [4.78, 5) is 25.2. The van der Waals surface area contributed by atoms with E-state index in [1.807, 2.05) is 6.92 Å². The zero-order chi connectivity index (χ0) is 13.1. The Balaban J connectivity index is 2.18. The molecule has 6 heteroatoms. The molecule has 1 unspecified atom stereocenters. The summed E-state index contributed by atoms with van der Waals surface area (Å²) in [6.45, 7) is 3.38. The average Bonchev–Trinajstić information content (AvgIpc) is 2.37. The van der Waals surface area contributed by atoms with Gasteiger partial charge in [-0.3, -0.25) is 9.59 Å². The Morgan fingerprint density at radius 2 is 2.33 bits per heavy atom. The van der Waals surface area contributed by atoms with Crippen LogP contribution in [-0.4, -0.2) is 43.7 Å². The van der Waals surface area contributed by atoms with Gasteiger partial charge in [0.15, 0.2) is 5.76 Å². The van der Waals surface area contributed by atoms with Crippen LogP contribution in [0.15, 0.2) is 21.5 Å². The quantitative estimate of drug-likeness (QED) is 0.768. The van der Waals surface area contributed by atoms with E-state index in [1.165, 1.54) is 7.11 Å². The molecule has 6 nitrogen and oxygen atoms in total. The van der Waals surface area contributed by atoms with Crippen molar-refractivity contribution in [3.8, 4) is 5.75 Å². The van der Waals surface area contributed by atoms with Gasteiger partial charge in [0.2, 0.25) is 11.2 Å². The summed E-state index contributed by atoms with van der Waals surface area (Å²) in [6.07, 6.45) is 1.15. The average molecular weight is 253 g/mol. The van der Waals surface area contributed by atoms with E-state index in [2.05, 4.69) is 0 Å². The van der Waals surface area contributed by atoms with Gasteiger partial charge in [0.1, 0.15) is 6.26 Å². The summed E-state index contributed by atoms with van der Waals surface area (Å²) >= 11 is 0. The maximum atomic E-state index is 12.1. The van der Waals surface area contributed by atoms with Gasteiger partial charge in [-0.2, -0.15) is 0 Å². The number of morpholine rings is 1. The van der Waals surface area contributed by atoms with Crippen LogP contribution in [0.5, 0.6) is 5.75 Å². The lowest BCUT2D eigenvalue weighted by Crippen LogP contribution is -2.44. The highest BCUT2D eigenvalue weighted by Crippen LogP contribution is 2.11. The lowest BCUT2D eigenvalue weighted by atomic mass is 10.2. The van der Waals surface area contributed by atoms with Crippen LogP contribution in [-0.2, 0) is 4.74 Å². The molecule has 1 fully saturated rings. The molecule has 0 bridgehead atoms. The van der Waals surface area contributed by atoms with Crippen molar-refractivity contribution in [3.63, 3.8) is 0 Å². The summed E-state index contributed by atoms with van der Waals surface area (Å²) in [7, 11) is 1.37. The molecule has 2 heterocycles. The number of hydrogen-bond donors (Lipinski definition) is 0. The predicted octanol–water partition coefficient (Wildman–Crippen LogP) is 0.509. The monoisotopic (exact) mass is 253 g/mol. The molecule has 1 aliphatic rings. The van der Waals surface area contributed by atoms with Crippen LogP contribution in [0.3, 0.4) is 0 Å². The van der Waals surface area contributed by atoms with Crippen LogP contribution in [0, 0.1) is 0 Å². The first-order valence-corrected chi connectivity index (χ1v) is 5.69. The van der Waals surface area contributed by atoms with E-state index < -0.39 is 0 Å². The summed E-state index contributed by atoms with van der Waals surface area (Å²) in [5.41, 5.74) is -0.367. The summed E-state index contributed by atoms with van der Waals surface area (Å²) < 4.78 is 15.3. The summed E-state index contributed by atoms with van der Waals surface area (Å²) in [6, 6.07) is 1.15. The molecule has 1 saturated heterocycles. The van der Waals surface area contributed by atoms with E-state index in [0.29, 0.717) is 19.7 Å². The van der Waals surface area contributed by atoms with Crippen molar-refractivity contribution in [1.29, 1.82) is 0 Å². The number of carbonyl (C=O) groups is 1. The molecule has 0 spiro atoms. The normalized spacial score (nSPS) is 19.7.